The lowest BCUT2D eigenvalue weighted by atomic mass is 9.96. The standard InChI is InChI=1S/C22H38N4OS/c1-4-23-22(24-13-5-6-16-28-3)25-17-19-11-14-26(15-12-19)18-20-7-9-21(27-2)10-8-20/h7-10,19H,4-6,11-18H2,1-3H3,(H2,23,24,25). The van der Waals surface area contributed by atoms with E-state index < -0.39 is 0 Å². The minimum Gasteiger partial charge on any atom is -0.497 e. The number of guanidine groups is 1. The van der Waals surface area contributed by atoms with Crippen molar-refractivity contribution in [3.8, 4) is 5.75 Å². The van der Waals surface area contributed by atoms with Crippen LogP contribution in [0.25, 0.3) is 0 Å². The molecule has 0 amide bonds. The Labute approximate surface area is 175 Å². The predicted molar refractivity (Wildman–Crippen MR) is 123 cm³/mol. The number of nitrogens with zero attached hydrogens (tertiary/aromatic N) is 2. The van der Waals surface area contributed by atoms with Gasteiger partial charge in [0.25, 0.3) is 0 Å². The van der Waals surface area contributed by atoms with Gasteiger partial charge in [0.1, 0.15) is 5.75 Å². The number of hydrogen-bond donors (Lipinski definition) is 2. The second-order valence-electron chi connectivity index (χ2n) is 7.41. The zero-order valence-electron chi connectivity index (χ0n) is 17.9. The molecule has 28 heavy (non-hydrogen) atoms. The van der Waals surface area contributed by atoms with E-state index in [-0.39, 0.29) is 0 Å². The molecule has 0 unspecified atom stereocenters. The molecule has 158 valence electrons. The van der Waals surface area contributed by atoms with Gasteiger partial charge in [0.2, 0.25) is 0 Å². The van der Waals surface area contributed by atoms with Crippen molar-refractivity contribution in [2.75, 3.05) is 51.8 Å². The van der Waals surface area contributed by atoms with Crippen molar-refractivity contribution in [2.24, 2.45) is 10.9 Å². The minimum atomic E-state index is 0.694. The summed E-state index contributed by atoms with van der Waals surface area (Å²) in [6.07, 6.45) is 7.09. The molecule has 1 saturated heterocycles. The highest BCUT2D eigenvalue weighted by molar-refractivity contribution is 7.98. The molecule has 0 aromatic heterocycles. The summed E-state index contributed by atoms with van der Waals surface area (Å²) in [5.41, 5.74) is 1.36. The van der Waals surface area contributed by atoms with Crippen LogP contribution in [-0.4, -0.2) is 62.7 Å². The molecule has 0 radical (unpaired) electrons. The maximum Gasteiger partial charge on any atom is 0.191 e. The zero-order valence-corrected chi connectivity index (χ0v) is 18.7. The van der Waals surface area contributed by atoms with Gasteiger partial charge in [-0.25, -0.2) is 0 Å². The SMILES string of the molecule is CCNC(=NCC1CCN(Cc2ccc(OC)cc2)CC1)NCCCCSC. The van der Waals surface area contributed by atoms with Gasteiger partial charge in [-0.2, -0.15) is 11.8 Å². The second kappa shape index (κ2) is 13.7. The average molecular weight is 407 g/mol. The van der Waals surface area contributed by atoms with Gasteiger partial charge >= 0.3 is 0 Å². The molecule has 5 nitrogen and oxygen atoms in total. The van der Waals surface area contributed by atoms with Crippen molar-refractivity contribution in [1.29, 1.82) is 0 Å². The Bertz CT molecular complexity index is 556. The van der Waals surface area contributed by atoms with E-state index >= 15 is 0 Å². The van der Waals surface area contributed by atoms with Crippen molar-refractivity contribution in [3.63, 3.8) is 0 Å². The van der Waals surface area contributed by atoms with Gasteiger partial charge in [-0.3, -0.25) is 9.89 Å². The molecule has 1 heterocycles. The maximum absolute atomic E-state index is 5.24. The molecule has 2 rings (SSSR count). The van der Waals surface area contributed by atoms with Gasteiger partial charge < -0.3 is 15.4 Å². The highest BCUT2D eigenvalue weighted by Crippen LogP contribution is 2.20. The normalized spacial score (nSPS) is 16.2. The molecule has 0 bridgehead atoms. The molecule has 1 fully saturated rings. The summed E-state index contributed by atoms with van der Waals surface area (Å²) in [5, 5.41) is 6.86. The number of piperidine rings is 1. The summed E-state index contributed by atoms with van der Waals surface area (Å²) >= 11 is 1.92. The average Bonchev–Trinajstić information content (AvgIpc) is 2.73. The molecular weight excluding hydrogens is 368 g/mol. The molecule has 0 spiro atoms. The van der Waals surface area contributed by atoms with Crippen molar-refractivity contribution in [2.45, 2.75) is 39.2 Å². The van der Waals surface area contributed by atoms with Crippen molar-refractivity contribution in [1.82, 2.24) is 15.5 Å². The van der Waals surface area contributed by atoms with Gasteiger partial charge in [0.15, 0.2) is 5.96 Å². The fourth-order valence-corrected chi connectivity index (χ4v) is 3.95. The van der Waals surface area contributed by atoms with E-state index in [1.165, 1.54) is 37.0 Å². The number of hydrogen-bond acceptors (Lipinski definition) is 4. The first-order valence-electron chi connectivity index (χ1n) is 10.6. The molecule has 1 aliphatic rings. The van der Waals surface area contributed by atoms with E-state index in [1.807, 2.05) is 23.9 Å². The number of benzene rings is 1. The lowest BCUT2D eigenvalue weighted by molar-refractivity contribution is 0.180. The Morgan fingerprint density at radius 1 is 1.18 bits per heavy atom. The fourth-order valence-electron chi connectivity index (χ4n) is 3.46. The lowest BCUT2D eigenvalue weighted by Gasteiger charge is -2.31. The number of methoxy groups -OCH3 is 1. The Hall–Kier alpha value is -1.40. The van der Waals surface area contributed by atoms with Crippen molar-refractivity contribution >= 4 is 17.7 Å². The van der Waals surface area contributed by atoms with Crippen LogP contribution in [0, 0.1) is 5.92 Å². The first-order chi connectivity index (χ1) is 13.7. The monoisotopic (exact) mass is 406 g/mol. The van der Waals surface area contributed by atoms with Crippen LogP contribution in [-0.2, 0) is 6.54 Å². The fraction of sp³-hybridized carbons (Fsp3) is 0.682. The highest BCUT2D eigenvalue weighted by Gasteiger charge is 2.19. The number of nitrogens with one attached hydrogen (secondary N) is 2. The molecule has 0 aliphatic carbocycles. The van der Waals surface area contributed by atoms with Gasteiger partial charge in [0.05, 0.1) is 7.11 Å². The first-order valence-corrected chi connectivity index (χ1v) is 12.0. The summed E-state index contributed by atoms with van der Waals surface area (Å²) in [7, 11) is 1.71. The third-order valence-electron chi connectivity index (χ3n) is 5.19. The number of rotatable bonds is 11. The number of likely N-dealkylation sites (tertiary alicyclic amines) is 1. The van der Waals surface area contributed by atoms with Crippen LogP contribution in [0.1, 0.15) is 38.2 Å². The van der Waals surface area contributed by atoms with Gasteiger partial charge in [-0.15, -0.1) is 0 Å². The van der Waals surface area contributed by atoms with E-state index in [0.29, 0.717) is 5.92 Å². The Morgan fingerprint density at radius 3 is 2.57 bits per heavy atom. The topological polar surface area (TPSA) is 48.9 Å². The Morgan fingerprint density at radius 2 is 1.93 bits per heavy atom. The number of aliphatic imine (C=N–C) groups is 1. The van der Waals surface area contributed by atoms with Gasteiger partial charge in [0, 0.05) is 26.2 Å². The minimum absolute atomic E-state index is 0.694. The van der Waals surface area contributed by atoms with Crippen LogP contribution in [0.5, 0.6) is 5.75 Å². The first kappa shape index (κ1) is 22.9. The maximum atomic E-state index is 5.24. The largest absolute Gasteiger partial charge is 0.497 e. The predicted octanol–water partition coefficient (Wildman–Crippen LogP) is 3.61. The van der Waals surface area contributed by atoms with Crippen LogP contribution in [0.2, 0.25) is 0 Å². The third kappa shape index (κ3) is 8.74. The molecule has 2 N–H and O–H groups in total. The number of thioether (sulfide) groups is 1. The van der Waals surface area contributed by atoms with E-state index in [2.05, 4.69) is 40.8 Å². The Kier molecular flexibility index (Phi) is 11.2. The zero-order chi connectivity index (χ0) is 20.0. The van der Waals surface area contributed by atoms with Crippen LogP contribution in [0.15, 0.2) is 29.3 Å². The van der Waals surface area contributed by atoms with Gasteiger partial charge in [-0.05, 0) is 81.3 Å². The molecule has 1 aromatic rings. The molecule has 1 aliphatic heterocycles. The van der Waals surface area contributed by atoms with E-state index in [9.17, 15) is 0 Å². The second-order valence-corrected chi connectivity index (χ2v) is 8.40. The van der Waals surface area contributed by atoms with Crippen molar-refractivity contribution in [3.05, 3.63) is 29.8 Å². The van der Waals surface area contributed by atoms with Crippen LogP contribution >= 0.6 is 11.8 Å². The Balaban J connectivity index is 1.69. The van der Waals surface area contributed by atoms with Crippen molar-refractivity contribution < 1.29 is 4.74 Å². The summed E-state index contributed by atoms with van der Waals surface area (Å²) in [6, 6.07) is 8.44. The van der Waals surface area contributed by atoms with Crippen LogP contribution < -0.4 is 15.4 Å². The van der Waals surface area contributed by atoms with Gasteiger partial charge in [-0.1, -0.05) is 12.1 Å². The summed E-state index contributed by atoms with van der Waals surface area (Å²) in [6.45, 7) is 8.32. The summed E-state index contributed by atoms with van der Waals surface area (Å²) in [4.78, 5) is 7.39. The lowest BCUT2D eigenvalue weighted by Crippen LogP contribution is -2.39. The molecule has 6 heteroatoms. The summed E-state index contributed by atoms with van der Waals surface area (Å²) < 4.78 is 5.24. The van der Waals surface area contributed by atoms with E-state index in [0.717, 1.165) is 51.0 Å². The molecular formula is C22H38N4OS. The molecule has 0 saturated carbocycles. The quantitative estimate of drug-likeness (QED) is 0.334. The van der Waals surface area contributed by atoms with Crippen LogP contribution in [0.4, 0.5) is 0 Å². The van der Waals surface area contributed by atoms with Crippen LogP contribution in [0.3, 0.4) is 0 Å². The summed E-state index contributed by atoms with van der Waals surface area (Å²) in [5.74, 6) is 3.84. The molecule has 0 atom stereocenters. The highest BCUT2D eigenvalue weighted by atomic mass is 32.2. The number of unbranched alkanes of at least 4 members (excludes halogenated alkanes) is 1. The number of ether oxygens (including phenoxy) is 1. The van der Waals surface area contributed by atoms with E-state index in [1.54, 1.807) is 7.11 Å². The van der Waals surface area contributed by atoms with E-state index in [4.69, 9.17) is 9.73 Å². The smallest absolute Gasteiger partial charge is 0.191 e. The molecule has 1 aromatic carbocycles. The third-order valence-corrected chi connectivity index (χ3v) is 5.89.